The highest BCUT2D eigenvalue weighted by atomic mass is 32.2. The van der Waals surface area contributed by atoms with Gasteiger partial charge in [0.15, 0.2) is 5.96 Å². The molecular formula is C17H29FN4O2S. The summed E-state index contributed by atoms with van der Waals surface area (Å²) in [5.74, 6) is 0.562. The number of nitrogens with one attached hydrogen (secondary N) is 1. The van der Waals surface area contributed by atoms with E-state index >= 15 is 0 Å². The molecule has 0 atom stereocenters. The zero-order valence-electron chi connectivity index (χ0n) is 15.5. The standard InChI is InChI=1S/C17H29FN4O2S/c1-5-19-17(20-11-8-12-22(4)25(23,24)6-2)21(3)14-15-9-7-10-16(18)13-15/h7,9-10,13H,5-6,8,11-12,14H2,1-4H3,(H,19,20). The molecule has 1 aromatic carbocycles. The average molecular weight is 373 g/mol. The van der Waals surface area contributed by atoms with Crippen LogP contribution < -0.4 is 5.32 Å². The molecule has 1 rings (SSSR count). The summed E-state index contributed by atoms with van der Waals surface area (Å²) in [5, 5.41) is 3.20. The fourth-order valence-electron chi connectivity index (χ4n) is 2.29. The number of rotatable bonds is 9. The molecule has 6 nitrogen and oxygen atoms in total. The first-order chi connectivity index (χ1) is 11.8. The predicted octanol–water partition coefficient (Wildman–Crippen LogP) is 1.89. The van der Waals surface area contributed by atoms with Crippen LogP contribution in [0.1, 0.15) is 25.8 Å². The van der Waals surface area contributed by atoms with E-state index in [9.17, 15) is 12.8 Å². The minimum atomic E-state index is -3.15. The number of sulfonamides is 1. The molecule has 0 saturated carbocycles. The Balaban J connectivity index is 2.61. The summed E-state index contributed by atoms with van der Waals surface area (Å²) in [6.07, 6.45) is 0.637. The molecule has 0 fully saturated rings. The van der Waals surface area contributed by atoms with Gasteiger partial charge in [0.2, 0.25) is 10.0 Å². The third kappa shape index (κ3) is 7.39. The van der Waals surface area contributed by atoms with Crippen molar-refractivity contribution in [3.8, 4) is 0 Å². The van der Waals surface area contributed by atoms with E-state index in [-0.39, 0.29) is 11.6 Å². The Kier molecular flexibility index (Phi) is 8.85. The van der Waals surface area contributed by atoms with Crippen molar-refractivity contribution in [2.45, 2.75) is 26.8 Å². The zero-order valence-corrected chi connectivity index (χ0v) is 16.3. The Morgan fingerprint density at radius 3 is 2.60 bits per heavy atom. The first-order valence-electron chi connectivity index (χ1n) is 8.48. The second-order valence-corrected chi connectivity index (χ2v) is 8.16. The number of hydrogen-bond donors (Lipinski definition) is 1. The summed E-state index contributed by atoms with van der Waals surface area (Å²) in [6.45, 7) is 5.82. The van der Waals surface area contributed by atoms with Gasteiger partial charge in [-0.15, -0.1) is 0 Å². The summed E-state index contributed by atoms with van der Waals surface area (Å²) in [7, 11) is 0.329. The maximum absolute atomic E-state index is 13.3. The van der Waals surface area contributed by atoms with E-state index in [2.05, 4.69) is 10.3 Å². The Bertz CT molecular complexity index is 664. The predicted molar refractivity (Wildman–Crippen MR) is 101 cm³/mol. The van der Waals surface area contributed by atoms with E-state index in [0.29, 0.717) is 32.0 Å². The molecule has 0 amide bonds. The molecule has 0 spiro atoms. The van der Waals surface area contributed by atoms with Gasteiger partial charge in [-0.1, -0.05) is 12.1 Å². The summed E-state index contributed by atoms with van der Waals surface area (Å²) in [5.41, 5.74) is 0.863. The largest absolute Gasteiger partial charge is 0.357 e. The van der Waals surface area contributed by atoms with Crippen LogP contribution in [0.15, 0.2) is 29.3 Å². The van der Waals surface area contributed by atoms with Gasteiger partial charge in [-0.05, 0) is 38.0 Å². The minimum absolute atomic E-state index is 0.103. The van der Waals surface area contributed by atoms with E-state index in [1.807, 2.05) is 24.9 Å². The van der Waals surface area contributed by atoms with Crippen LogP contribution in [-0.2, 0) is 16.6 Å². The Hall–Kier alpha value is -1.67. The molecule has 0 aromatic heterocycles. The Labute approximate surface area is 150 Å². The van der Waals surface area contributed by atoms with E-state index in [0.717, 1.165) is 12.1 Å². The van der Waals surface area contributed by atoms with Gasteiger partial charge < -0.3 is 10.2 Å². The lowest BCUT2D eigenvalue weighted by molar-refractivity contribution is 0.458. The first-order valence-corrected chi connectivity index (χ1v) is 10.1. The SMILES string of the molecule is CCNC(=NCCCN(C)S(=O)(=O)CC)N(C)Cc1cccc(F)c1. The van der Waals surface area contributed by atoms with E-state index in [1.165, 1.54) is 16.4 Å². The molecule has 1 N–H and O–H groups in total. The van der Waals surface area contributed by atoms with Gasteiger partial charge in [-0.3, -0.25) is 4.99 Å². The molecule has 0 radical (unpaired) electrons. The molecule has 0 aliphatic rings. The number of guanidine groups is 1. The highest BCUT2D eigenvalue weighted by Crippen LogP contribution is 2.06. The molecule has 0 saturated heterocycles. The van der Waals surface area contributed by atoms with Gasteiger partial charge in [-0.2, -0.15) is 0 Å². The molecule has 142 valence electrons. The van der Waals surface area contributed by atoms with Crippen molar-refractivity contribution in [1.82, 2.24) is 14.5 Å². The van der Waals surface area contributed by atoms with Gasteiger partial charge >= 0.3 is 0 Å². The van der Waals surface area contributed by atoms with Crippen LogP contribution in [0.3, 0.4) is 0 Å². The lowest BCUT2D eigenvalue weighted by atomic mass is 10.2. The average Bonchev–Trinajstić information content (AvgIpc) is 2.57. The van der Waals surface area contributed by atoms with Crippen molar-refractivity contribution >= 4 is 16.0 Å². The van der Waals surface area contributed by atoms with Crippen molar-refractivity contribution in [1.29, 1.82) is 0 Å². The number of halogens is 1. The van der Waals surface area contributed by atoms with Gasteiger partial charge in [0.25, 0.3) is 0 Å². The van der Waals surface area contributed by atoms with Crippen LogP contribution in [0.5, 0.6) is 0 Å². The molecule has 0 aliphatic heterocycles. The first kappa shape index (κ1) is 21.4. The quantitative estimate of drug-likeness (QED) is 0.408. The van der Waals surface area contributed by atoms with Crippen LogP contribution in [-0.4, -0.2) is 63.1 Å². The highest BCUT2D eigenvalue weighted by molar-refractivity contribution is 7.89. The molecule has 0 unspecified atom stereocenters. The van der Waals surface area contributed by atoms with Crippen LogP contribution >= 0.6 is 0 Å². The fourth-order valence-corrected chi connectivity index (χ4v) is 3.14. The van der Waals surface area contributed by atoms with Gasteiger partial charge in [0.1, 0.15) is 5.82 Å². The number of hydrogen-bond acceptors (Lipinski definition) is 3. The molecule has 0 bridgehead atoms. The zero-order chi connectivity index (χ0) is 18.9. The van der Waals surface area contributed by atoms with Crippen molar-refractivity contribution < 1.29 is 12.8 Å². The van der Waals surface area contributed by atoms with Crippen LogP contribution in [0, 0.1) is 5.82 Å². The van der Waals surface area contributed by atoms with E-state index in [4.69, 9.17) is 0 Å². The highest BCUT2D eigenvalue weighted by Gasteiger charge is 2.14. The number of nitrogens with zero attached hydrogens (tertiary/aromatic N) is 3. The van der Waals surface area contributed by atoms with Gasteiger partial charge in [0.05, 0.1) is 5.75 Å². The van der Waals surface area contributed by atoms with Crippen molar-refractivity contribution in [2.75, 3.05) is 39.5 Å². The fraction of sp³-hybridized carbons (Fsp3) is 0.588. The normalized spacial score (nSPS) is 12.5. The lowest BCUT2D eigenvalue weighted by Gasteiger charge is -2.22. The number of aliphatic imine (C=N–C) groups is 1. The molecule has 0 aliphatic carbocycles. The van der Waals surface area contributed by atoms with Gasteiger partial charge in [-0.25, -0.2) is 17.1 Å². The van der Waals surface area contributed by atoms with E-state index in [1.54, 1.807) is 20.0 Å². The minimum Gasteiger partial charge on any atom is -0.357 e. The molecule has 1 aromatic rings. The molecule has 0 heterocycles. The summed E-state index contributed by atoms with van der Waals surface area (Å²) in [6, 6.07) is 6.48. The maximum atomic E-state index is 13.3. The smallest absolute Gasteiger partial charge is 0.213 e. The van der Waals surface area contributed by atoms with Crippen LogP contribution in [0.2, 0.25) is 0 Å². The Morgan fingerprint density at radius 2 is 2.00 bits per heavy atom. The summed E-state index contributed by atoms with van der Waals surface area (Å²) in [4.78, 5) is 6.45. The topological polar surface area (TPSA) is 65.0 Å². The second-order valence-electron chi connectivity index (χ2n) is 5.80. The lowest BCUT2D eigenvalue weighted by Crippen LogP contribution is -2.38. The molecule has 25 heavy (non-hydrogen) atoms. The van der Waals surface area contributed by atoms with Crippen LogP contribution in [0.4, 0.5) is 4.39 Å². The maximum Gasteiger partial charge on any atom is 0.213 e. The summed E-state index contributed by atoms with van der Waals surface area (Å²) >= 11 is 0. The second kappa shape index (κ2) is 10.4. The van der Waals surface area contributed by atoms with Crippen LogP contribution in [0.25, 0.3) is 0 Å². The van der Waals surface area contributed by atoms with E-state index < -0.39 is 10.0 Å². The van der Waals surface area contributed by atoms with Crippen molar-refractivity contribution in [3.05, 3.63) is 35.6 Å². The van der Waals surface area contributed by atoms with Crippen molar-refractivity contribution in [2.24, 2.45) is 4.99 Å². The molecular weight excluding hydrogens is 343 g/mol. The summed E-state index contributed by atoms with van der Waals surface area (Å²) < 4.78 is 38.1. The molecule has 8 heteroatoms. The number of benzene rings is 1. The Morgan fingerprint density at radius 1 is 1.28 bits per heavy atom. The van der Waals surface area contributed by atoms with Crippen molar-refractivity contribution in [3.63, 3.8) is 0 Å². The third-order valence-corrected chi connectivity index (χ3v) is 5.60. The monoisotopic (exact) mass is 372 g/mol. The van der Waals surface area contributed by atoms with Gasteiger partial charge in [0, 0.05) is 40.3 Å². The third-order valence-electron chi connectivity index (χ3n) is 3.74.